The highest BCUT2D eigenvalue weighted by molar-refractivity contribution is 5.59. The zero-order valence-corrected chi connectivity index (χ0v) is 7.40. The molecule has 1 rings (SSSR count). The molecule has 1 atom stereocenters. The van der Waals surface area contributed by atoms with Crippen molar-refractivity contribution < 1.29 is 9.28 Å². The molecule has 3 heteroatoms. The summed E-state index contributed by atoms with van der Waals surface area (Å²) < 4.78 is 12.6. The van der Waals surface area contributed by atoms with Gasteiger partial charge >= 0.3 is 0 Å². The Hall–Kier alpha value is -1.22. The van der Waals surface area contributed by atoms with Crippen LogP contribution < -0.4 is 0 Å². The Labute approximate surface area is 76.9 Å². The number of benzene rings is 1. The quantitative estimate of drug-likeness (QED) is 0.655. The van der Waals surface area contributed by atoms with Gasteiger partial charge in [-0.2, -0.15) is 0 Å². The Balaban J connectivity index is 2.62. The highest BCUT2D eigenvalue weighted by atomic mass is 19.2. The van der Waals surface area contributed by atoms with Gasteiger partial charge in [-0.1, -0.05) is 30.3 Å². The van der Waals surface area contributed by atoms with Gasteiger partial charge in [0.25, 0.3) is 0 Å². The van der Waals surface area contributed by atoms with Gasteiger partial charge in [0, 0.05) is 7.05 Å². The van der Waals surface area contributed by atoms with Crippen molar-refractivity contribution in [3.8, 4) is 0 Å². The van der Waals surface area contributed by atoms with E-state index in [-0.39, 0.29) is 0 Å². The highest BCUT2D eigenvalue weighted by Gasteiger charge is 2.14. The summed E-state index contributed by atoms with van der Waals surface area (Å²) in [6.07, 6.45) is 2.01. The van der Waals surface area contributed by atoms with Crippen LogP contribution in [0, 0.1) is 0 Å². The molecule has 0 saturated carbocycles. The fourth-order valence-corrected chi connectivity index (χ4v) is 1.08. The zero-order valence-electron chi connectivity index (χ0n) is 7.40. The lowest BCUT2D eigenvalue weighted by Crippen LogP contribution is -2.28. The molecule has 0 aromatic heterocycles. The second kappa shape index (κ2) is 4.72. The highest BCUT2D eigenvalue weighted by Crippen LogP contribution is 2.05. The van der Waals surface area contributed by atoms with Gasteiger partial charge in [0.15, 0.2) is 0 Å². The minimum absolute atomic E-state index is 0.358. The van der Waals surface area contributed by atoms with Crippen molar-refractivity contribution in [1.29, 1.82) is 0 Å². The van der Waals surface area contributed by atoms with Crippen molar-refractivity contribution >= 4 is 6.29 Å². The number of likely N-dealkylation sites (N-methyl/N-ethyl adjacent to an activating group) is 1. The number of nitrogens with zero attached hydrogens (tertiary/aromatic N) is 1. The number of hydrogen-bond acceptors (Lipinski definition) is 2. The van der Waals surface area contributed by atoms with E-state index >= 15 is 0 Å². The van der Waals surface area contributed by atoms with Crippen LogP contribution in [0.5, 0.6) is 0 Å². The van der Waals surface area contributed by atoms with Gasteiger partial charge in [0.2, 0.25) is 6.29 Å². The number of hydrogen-bond donors (Lipinski definition) is 0. The first-order chi connectivity index (χ1) is 6.24. The van der Waals surface area contributed by atoms with Crippen molar-refractivity contribution in [3.63, 3.8) is 0 Å². The smallest absolute Gasteiger partial charge is 0.220 e. The second-order valence-corrected chi connectivity index (χ2v) is 2.85. The van der Waals surface area contributed by atoms with E-state index in [0.29, 0.717) is 11.5 Å². The lowest BCUT2D eigenvalue weighted by atomic mass is 10.1. The van der Waals surface area contributed by atoms with Crippen LogP contribution in [0.3, 0.4) is 0 Å². The van der Waals surface area contributed by atoms with E-state index < -0.39 is 6.04 Å². The third-order valence-electron chi connectivity index (χ3n) is 1.84. The van der Waals surface area contributed by atoms with Crippen LogP contribution in [0.25, 0.3) is 0 Å². The topological polar surface area (TPSA) is 20.3 Å². The molecule has 0 aliphatic heterocycles. The van der Waals surface area contributed by atoms with Crippen molar-refractivity contribution in [2.45, 2.75) is 12.5 Å². The first-order valence-corrected chi connectivity index (χ1v) is 4.04. The maximum absolute atomic E-state index is 12.6. The maximum Gasteiger partial charge on any atom is 0.220 e. The van der Waals surface area contributed by atoms with E-state index in [1.165, 1.54) is 7.05 Å². The van der Waals surface area contributed by atoms with E-state index in [9.17, 15) is 9.28 Å². The molecule has 0 aliphatic rings. The average molecular weight is 180 g/mol. The predicted octanol–water partition coefficient (Wildman–Crippen LogP) is 1.52. The van der Waals surface area contributed by atoms with Crippen LogP contribution in [-0.2, 0) is 11.2 Å². The van der Waals surface area contributed by atoms with Crippen molar-refractivity contribution in [1.82, 2.24) is 5.12 Å². The van der Waals surface area contributed by atoms with Gasteiger partial charge < -0.3 is 0 Å². The summed E-state index contributed by atoms with van der Waals surface area (Å²) in [5, 5.41) is 0.375. The van der Waals surface area contributed by atoms with Gasteiger partial charge in [0.05, 0.1) is 0 Å². The average Bonchev–Trinajstić information content (AvgIpc) is 2.15. The molecule has 1 aromatic carbocycles. The first kappa shape index (κ1) is 9.86. The van der Waals surface area contributed by atoms with Crippen molar-refractivity contribution in [2.75, 3.05) is 7.05 Å². The predicted molar refractivity (Wildman–Crippen MR) is 48.5 cm³/mol. The van der Waals surface area contributed by atoms with Crippen LogP contribution in [0.4, 0.5) is 4.48 Å². The van der Waals surface area contributed by atoms with E-state index in [2.05, 4.69) is 0 Å². The van der Waals surface area contributed by atoms with Gasteiger partial charge in [-0.3, -0.25) is 4.79 Å². The molecule has 0 spiro atoms. The monoisotopic (exact) mass is 180 g/mol. The summed E-state index contributed by atoms with van der Waals surface area (Å²) in [5.41, 5.74) is 0.931. The van der Waals surface area contributed by atoms with Crippen molar-refractivity contribution in [3.05, 3.63) is 35.9 Å². The SMILES string of the molecule is CN(F)[C@H]([C]=O)Cc1ccccc1. The molecular formula is C10H11FNO. The summed E-state index contributed by atoms with van der Waals surface area (Å²) >= 11 is 0. The number of rotatable bonds is 4. The summed E-state index contributed by atoms with van der Waals surface area (Å²) in [5.74, 6) is 0. The Morgan fingerprint density at radius 1 is 1.46 bits per heavy atom. The molecule has 2 nitrogen and oxygen atoms in total. The second-order valence-electron chi connectivity index (χ2n) is 2.85. The minimum atomic E-state index is -0.803. The molecule has 1 aromatic rings. The molecule has 0 heterocycles. The summed E-state index contributed by atoms with van der Waals surface area (Å²) in [6.45, 7) is 0. The van der Waals surface area contributed by atoms with Crippen LogP contribution >= 0.6 is 0 Å². The van der Waals surface area contributed by atoms with Crippen LogP contribution in [0.2, 0.25) is 0 Å². The number of carbonyl (C=O) groups excluding carboxylic acids is 1. The van der Waals surface area contributed by atoms with Crippen LogP contribution in [0.15, 0.2) is 30.3 Å². The third kappa shape index (κ3) is 2.95. The third-order valence-corrected chi connectivity index (χ3v) is 1.84. The lowest BCUT2D eigenvalue weighted by molar-refractivity contribution is 0.0363. The molecule has 0 aliphatic carbocycles. The Morgan fingerprint density at radius 2 is 2.08 bits per heavy atom. The molecule has 0 saturated heterocycles. The molecule has 0 unspecified atom stereocenters. The molecule has 0 bridgehead atoms. The van der Waals surface area contributed by atoms with E-state index in [0.717, 1.165) is 5.56 Å². The maximum atomic E-state index is 12.6. The summed E-state index contributed by atoms with van der Waals surface area (Å²) in [4.78, 5) is 10.3. The van der Waals surface area contributed by atoms with Crippen LogP contribution in [0.1, 0.15) is 5.56 Å². The molecular weight excluding hydrogens is 169 g/mol. The summed E-state index contributed by atoms with van der Waals surface area (Å²) in [6, 6.07) is 8.50. The molecule has 69 valence electrons. The fraction of sp³-hybridized carbons (Fsp3) is 0.300. The van der Waals surface area contributed by atoms with Gasteiger partial charge in [-0.15, -0.1) is 9.60 Å². The first-order valence-electron chi connectivity index (χ1n) is 4.04. The summed E-state index contributed by atoms with van der Waals surface area (Å²) in [7, 11) is 1.22. The molecule has 0 amide bonds. The van der Waals surface area contributed by atoms with E-state index in [1.807, 2.05) is 30.3 Å². The Bertz CT molecular complexity index is 261. The van der Waals surface area contributed by atoms with Gasteiger partial charge in [0.1, 0.15) is 6.04 Å². The largest absolute Gasteiger partial charge is 0.289 e. The van der Waals surface area contributed by atoms with Crippen molar-refractivity contribution in [2.24, 2.45) is 0 Å². The minimum Gasteiger partial charge on any atom is -0.289 e. The molecule has 1 radical (unpaired) electrons. The normalized spacial score (nSPS) is 12.8. The Morgan fingerprint density at radius 3 is 2.54 bits per heavy atom. The zero-order chi connectivity index (χ0) is 9.68. The van der Waals surface area contributed by atoms with Crippen LogP contribution in [-0.4, -0.2) is 24.5 Å². The fourth-order valence-electron chi connectivity index (χ4n) is 1.08. The van der Waals surface area contributed by atoms with Gasteiger partial charge in [-0.05, 0) is 12.0 Å². The number of halogens is 1. The molecule has 13 heavy (non-hydrogen) atoms. The van der Waals surface area contributed by atoms with E-state index in [1.54, 1.807) is 6.29 Å². The molecule has 0 N–H and O–H groups in total. The standard InChI is InChI=1S/C10H11FNO/c1-12(11)10(8-13)7-9-5-3-2-4-6-9/h2-6,10H,7H2,1H3/t10-/m0/s1. The Kier molecular flexibility index (Phi) is 3.58. The van der Waals surface area contributed by atoms with Gasteiger partial charge in [-0.25, -0.2) is 0 Å². The molecule has 0 fully saturated rings. The van der Waals surface area contributed by atoms with E-state index in [4.69, 9.17) is 0 Å². The lowest BCUT2D eigenvalue weighted by Gasteiger charge is -2.12.